The Balaban J connectivity index is 1.20. The Morgan fingerprint density at radius 2 is 1.41 bits per heavy atom. The second kappa shape index (κ2) is 15.7. The standard InChI is InChI=1S/C37H60N6O7S/c1-36(2)26-23-43-30(29(26)36)32(45)39-27(31(44)33(46)38-25-17-18-25)15-9-6-4-3-5-7-10-16-28(34(43)47)40-35(48)41-37(19-11-8-12-20-37)24-51(49,50)42-21-13-14-22-42/h25-30H,3-24H2,1-2H3,(H,38,46)(H,39,45)(H2,40,41,48)/t26-,27-,28-,29-,30-/m0/s1. The number of hydrogen-bond acceptors (Lipinski definition) is 7. The van der Waals surface area contributed by atoms with Gasteiger partial charge in [-0.15, -0.1) is 0 Å². The van der Waals surface area contributed by atoms with E-state index in [0.717, 1.165) is 83.5 Å². The van der Waals surface area contributed by atoms with Gasteiger partial charge in [0.05, 0.1) is 17.3 Å². The van der Waals surface area contributed by atoms with Crippen LogP contribution >= 0.6 is 0 Å². The third-order valence-corrected chi connectivity index (χ3v) is 14.8. The predicted octanol–water partition coefficient (Wildman–Crippen LogP) is 3.12. The van der Waals surface area contributed by atoms with E-state index in [9.17, 15) is 32.4 Å². The van der Waals surface area contributed by atoms with Crippen molar-refractivity contribution in [3.63, 3.8) is 0 Å². The molecule has 0 radical (unpaired) electrons. The van der Waals surface area contributed by atoms with E-state index in [1.807, 2.05) is 0 Å². The highest BCUT2D eigenvalue weighted by Gasteiger charge is 2.69. The molecule has 51 heavy (non-hydrogen) atoms. The van der Waals surface area contributed by atoms with Crippen LogP contribution in [0.3, 0.4) is 0 Å². The molecule has 0 unspecified atom stereocenters. The molecule has 6 aliphatic rings. The number of hydrogen-bond donors (Lipinski definition) is 4. The Kier molecular flexibility index (Phi) is 11.7. The summed E-state index contributed by atoms with van der Waals surface area (Å²) in [4.78, 5) is 70.2. The largest absolute Gasteiger partial charge is 0.347 e. The Morgan fingerprint density at radius 3 is 2.06 bits per heavy atom. The molecular weight excluding hydrogens is 673 g/mol. The first-order valence-electron chi connectivity index (χ1n) is 19.8. The number of fused-ring (bicyclic) bond motifs is 3. The van der Waals surface area contributed by atoms with E-state index >= 15 is 0 Å². The molecule has 3 aliphatic heterocycles. The topological polar surface area (TPSA) is 174 Å². The van der Waals surface area contributed by atoms with Crippen LogP contribution in [0.15, 0.2) is 0 Å². The van der Waals surface area contributed by atoms with Crippen molar-refractivity contribution in [2.75, 3.05) is 25.4 Å². The number of Topliss-reactive ketones (excluding diaryl/α,β-unsaturated/α-hetero) is 1. The smallest absolute Gasteiger partial charge is 0.315 e. The second-order valence-corrected chi connectivity index (χ2v) is 18.9. The van der Waals surface area contributed by atoms with Gasteiger partial charge in [0.25, 0.3) is 5.91 Å². The molecule has 5 amide bonds. The van der Waals surface area contributed by atoms with Crippen molar-refractivity contribution >= 4 is 39.6 Å². The molecular formula is C37H60N6O7S. The van der Waals surface area contributed by atoms with Crippen molar-refractivity contribution in [1.82, 2.24) is 30.5 Å². The van der Waals surface area contributed by atoms with E-state index < -0.39 is 57.3 Å². The molecule has 3 saturated heterocycles. The minimum absolute atomic E-state index is 0.0171. The summed E-state index contributed by atoms with van der Waals surface area (Å²) in [6.07, 6.45) is 14.0. The number of nitrogens with one attached hydrogen (secondary N) is 4. The van der Waals surface area contributed by atoms with Gasteiger partial charge in [0.15, 0.2) is 0 Å². The summed E-state index contributed by atoms with van der Waals surface area (Å²) in [6, 6.07) is -3.23. The average molecular weight is 733 g/mol. The fourth-order valence-electron chi connectivity index (χ4n) is 9.40. The van der Waals surface area contributed by atoms with Gasteiger partial charge < -0.3 is 26.2 Å². The molecule has 3 aliphatic carbocycles. The highest BCUT2D eigenvalue weighted by molar-refractivity contribution is 7.89. The normalized spacial score (nSPS) is 31.9. The van der Waals surface area contributed by atoms with Crippen LogP contribution in [0.5, 0.6) is 0 Å². The number of ketones is 1. The lowest BCUT2D eigenvalue weighted by Gasteiger charge is -2.39. The molecule has 6 fully saturated rings. The lowest BCUT2D eigenvalue weighted by atomic mass is 9.83. The zero-order chi connectivity index (χ0) is 36.4. The van der Waals surface area contributed by atoms with E-state index in [2.05, 4.69) is 35.1 Å². The molecule has 13 nitrogen and oxygen atoms in total. The first-order valence-corrected chi connectivity index (χ1v) is 21.4. The van der Waals surface area contributed by atoms with E-state index in [-0.39, 0.29) is 35.0 Å². The number of carbonyl (C=O) groups excluding carboxylic acids is 5. The van der Waals surface area contributed by atoms with Gasteiger partial charge in [-0.3, -0.25) is 19.2 Å². The maximum absolute atomic E-state index is 14.5. The lowest BCUT2D eigenvalue weighted by molar-refractivity contribution is -0.144. The van der Waals surface area contributed by atoms with Crippen molar-refractivity contribution in [1.29, 1.82) is 0 Å². The van der Waals surface area contributed by atoms with Crippen LogP contribution in [0.25, 0.3) is 0 Å². The Hall–Kier alpha value is -2.74. The van der Waals surface area contributed by atoms with Gasteiger partial charge in [-0.2, -0.15) is 0 Å². The summed E-state index contributed by atoms with van der Waals surface area (Å²) in [5.74, 6) is -2.23. The summed E-state index contributed by atoms with van der Waals surface area (Å²) in [6.45, 7) is 5.56. The highest BCUT2D eigenvalue weighted by Crippen LogP contribution is 2.65. The zero-order valence-electron chi connectivity index (χ0n) is 30.7. The third kappa shape index (κ3) is 8.91. The van der Waals surface area contributed by atoms with Crippen molar-refractivity contribution in [2.24, 2.45) is 17.3 Å². The van der Waals surface area contributed by atoms with E-state index in [1.54, 1.807) is 4.90 Å². The minimum atomic E-state index is -3.57. The first kappa shape index (κ1) is 38.0. The van der Waals surface area contributed by atoms with E-state index in [0.29, 0.717) is 51.7 Å². The fraction of sp³-hybridized carbons (Fsp3) is 0.865. The van der Waals surface area contributed by atoms with Gasteiger partial charge >= 0.3 is 6.03 Å². The zero-order valence-corrected chi connectivity index (χ0v) is 31.5. The fourth-order valence-corrected chi connectivity index (χ4v) is 11.5. The van der Waals surface area contributed by atoms with Crippen LogP contribution in [0.2, 0.25) is 0 Å². The Labute approximate surface area is 303 Å². The molecule has 0 aromatic carbocycles. The van der Waals surface area contributed by atoms with Crippen LogP contribution < -0.4 is 21.3 Å². The lowest BCUT2D eigenvalue weighted by Crippen LogP contribution is -2.62. The monoisotopic (exact) mass is 732 g/mol. The van der Waals surface area contributed by atoms with Gasteiger partial charge in [0.1, 0.15) is 12.1 Å². The third-order valence-electron chi connectivity index (χ3n) is 12.7. The maximum Gasteiger partial charge on any atom is 0.315 e. The van der Waals surface area contributed by atoms with Gasteiger partial charge in [-0.25, -0.2) is 17.5 Å². The second-order valence-electron chi connectivity index (χ2n) is 17.0. The number of sulfonamides is 1. The molecule has 0 aromatic rings. The van der Waals surface area contributed by atoms with Crippen LogP contribution in [0.4, 0.5) is 4.79 Å². The summed E-state index contributed by atoms with van der Waals surface area (Å²) < 4.78 is 28.4. The molecule has 0 aromatic heterocycles. The van der Waals surface area contributed by atoms with Gasteiger partial charge in [-0.1, -0.05) is 78.1 Å². The molecule has 0 spiro atoms. The quantitative estimate of drug-likeness (QED) is 0.278. The van der Waals surface area contributed by atoms with E-state index in [4.69, 9.17) is 0 Å². The summed E-state index contributed by atoms with van der Waals surface area (Å²) in [7, 11) is -3.57. The van der Waals surface area contributed by atoms with E-state index in [1.165, 1.54) is 4.31 Å². The SMILES string of the molecule is CC1(C)[C@@H]2[C@H]3C(=O)N[C@H](C(=O)C(=O)NC4CC4)CCCCCCCCC[C@H](NC(=O)NC4(CS(=O)(=O)N5CCCC5)CCCCC4)C(=O)N3C[C@@H]21. The Morgan fingerprint density at radius 1 is 0.804 bits per heavy atom. The van der Waals surface area contributed by atoms with Crippen LogP contribution in [-0.4, -0.2) is 102 Å². The van der Waals surface area contributed by atoms with Crippen molar-refractivity contribution < 1.29 is 32.4 Å². The number of rotatable bonds is 8. The molecule has 0 bridgehead atoms. The van der Waals surface area contributed by atoms with Gasteiger partial charge in [0, 0.05) is 25.7 Å². The summed E-state index contributed by atoms with van der Waals surface area (Å²) >= 11 is 0. The number of urea groups is 1. The van der Waals surface area contributed by atoms with Crippen LogP contribution in [0, 0.1) is 17.3 Å². The average Bonchev–Trinajstić information content (AvgIpc) is 3.76. The molecule has 3 heterocycles. The minimum Gasteiger partial charge on any atom is -0.347 e. The number of nitrogens with zero attached hydrogens (tertiary/aromatic N) is 2. The maximum atomic E-state index is 14.5. The molecule has 3 saturated carbocycles. The molecule has 6 rings (SSSR count). The molecule has 5 atom stereocenters. The van der Waals surface area contributed by atoms with Crippen molar-refractivity contribution in [2.45, 2.75) is 159 Å². The summed E-state index contributed by atoms with van der Waals surface area (Å²) in [5.41, 5.74) is -1.09. The number of piperidine rings is 1. The molecule has 4 N–H and O–H groups in total. The van der Waals surface area contributed by atoms with Crippen molar-refractivity contribution in [3.05, 3.63) is 0 Å². The van der Waals surface area contributed by atoms with Crippen LogP contribution in [0.1, 0.15) is 129 Å². The summed E-state index contributed by atoms with van der Waals surface area (Å²) in [5, 5.41) is 11.7. The first-order chi connectivity index (χ1) is 24.3. The molecule has 14 heteroatoms. The van der Waals surface area contributed by atoms with Crippen molar-refractivity contribution in [3.8, 4) is 0 Å². The van der Waals surface area contributed by atoms with Gasteiger partial charge in [0.2, 0.25) is 27.6 Å². The predicted molar refractivity (Wildman–Crippen MR) is 192 cm³/mol. The number of carbonyl (C=O) groups is 5. The number of amides is 5. The van der Waals surface area contributed by atoms with Gasteiger partial charge in [-0.05, 0) is 68.6 Å². The van der Waals surface area contributed by atoms with Crippen LogP contribution in [-0.2, 0) is 29.2 Å². The Bertz CT molecular complexity index is 1440. The molecule has 286 valence electrons. The highest BCUT2D eigenvalue weighted by atomic mass is 32.2.